The molecule has 2 rings (SSSR count). The van der Waals surface area contributed by atoms with Crippen LogP contribution in [0, 0.1) is 10.1 Å². The van der Waals surface area contributed by atoms with Gasteiger partial charge in [-0.2, -0.15) is 9.97 Å². The molecule has 8 heteroatoms. The highest BCUT2D eigenvalue weighted by Gasteiger charge is 2.25. The molecular formula is C13H13N3O5. The summed E-state index contributed by atoms with van der Waals surface area (Å²) in [7, 11) is 1.28. The third kappa shape index (κ3) is 3.42. The van der Waals surface area contributed by atoms with Crippen LogP contribution in [0.1, 0.15) is 5.56 Å². The molecule has 0 radical (unpaired) electrons. The first-order chi connectivity index (χ1) is 10.2. The van der Waals surface area contributed by atoms with E-state index >= 15 is 0 Å². The monoisotopic (exact) mass is 291 g/mol. The van der Waals surface area contributed by atoms with E-state index in [-0.39, 0.29) is 18.4 Å². The van der Waals surface area contributed by atoms with Gasteiger partial charge in [-0.05, 0) is 24.1 Å². The molecule has 0 unspecified atom stereocenters. The van der Waals surface area contributed by atoms with E-state index in [0.717, 1.165) is 11.9 Å². The fourth-order valence-corrected chi connectivity index (χ4v) is 1.69. The van der Waals surface area contributed by atoms with Crippen molar-refractivity contribution < 1.29 is 19.5 Å². The molecule has 8 nitrogen and oxygen atoms in total. The molecule has 1 aromatic carbocycles. The number of aromatic nitrogens is 2. The van der Waals surface area contributed by atoms with Crippen molar-refractivity contribution in [2.75, 3.05) is 13.7 Å². The number of ether oxygens (including phenoxy) is 2. The zero-order chi connectivity index (χ0) is 15.2. The summed E-state index contributed by atoms with van der Waals surface area (Å²) in [6.45, 7) is 0.0504. The first kappa shape index (κ1) is 14.7. The average molecular weight is 291 g/mol. The molecule has 0 saturated carbocycles. The third-order valence-electron chi connectivity index (χ3n) is 2.67. The van der Waals surface area contributed by atoms with Crippen LogP contribution in [0.5, 0.6) is 17.5 Å². The van der Waals surface area contributed by atoms with Crippen molar-refractivity contribution in [3.05, 3.63) is 46.3 Å². The van der Waals surface area contributed by atoms with Gasteiger partial charge in [0.15, 0.2) is 0 Å². The SMILES string of the molecule is COc1ncnc(Oc2ccc(CCO)cc2)c1[N+](=O)[O-]. The molecule has 0 bridgehead atoms. The van der Waals surface area contributed by atoms with E-state index in [2.05, 4.69) is 9.97 Å². The van der Waals surface area contributed by atoms with Crippen molar-refractivity contribution >= 4 is 5.69 Å². The molecule has 21 heavy (non-hydrogen) atoms. The summed E-state index contributed by atoms with van der Waals surface area (Å²) in [5, 5.41) is 19.9. The van der Waals surface area contributed by atoms with Crippen molar-refractivity contribution in [1.29, 1.82) is 0 Å². The number of nitro groups is 1. The quantitative estimate of drug-likeness (QED) is 0.637. The van der Waals surface area contributed by atoms with E-state index in [1.54, 1.807) is 24.3 Å². The first-order valence-electron chi connectivity index (χ1n) is 6.06. The van der Waals surface area contributed by atoms with Gasteiger partial charge in [-0.1, -0.05) is 12.1 Å². The zero-order valence-electron chi connectivity index (χ0n) is 11.2. The second-order valence-corrected chi connectivity index (χ2v) is 4.01. The molecule has 0 aliphatic heterocycles. The number of methoxy groups -OCH3 is 1. The maximum absolute atomic E-state index is 11.1. The summed E-state index contributed by atoms with van der Waals surface area (Å²) in [6, 6.07) is 6.80. The highest BCUT2D eigenvalue weighted by Crippen LogP contribution is 2.35. The summed E-state index contributed by atoms with van der Waals surface area (Å²) in [4.78, 5) is 17.9. The molecule has 0 spiro atoms. The van der Waals surface area contributed by atoms with Crippen molar-refractivity contribution in [1.82, 2.24) is 9.97 Å². The van der Waals surface area contributed by atoms with Crippen molar-refractivity contribution in [3.8, 4) is 17.5 Å². The van der Waals surface area contributed by atoms with E-state index in [9.17, 15) is 10.1 Å². The molecule has 0 amide bonds. The Morgan fingerprint density at radius 1 is 1.24 bits per heavy atom. The predicted molar refractivity (Wildman–Crippen MR) is 72.5 cm³/mol. The van der Waals surface area contributed by atoms with Crippen LogP contribution in [0.3, 0.4) is 0 Å². The Balaban J connectivity index is 2.28. The summed E-state index contributed by atoms with van der Waals surface area (Å²) in [6.07, 6.45) is 1.66. The number of hydrogen-bond acceptors (Lipinski definition) is 7. The number of rotatable bonds is 6. The van der Waals surface area contributed by atoms with Gasteiger partial charge in [-0.15, -0.1) is 0 Å². The molecule has 0 atom stereocenters. The maximum atomic E-state index is 11.1. The Hall–Kier alpha value is -2.74. The van der Waals surface area contributed by atoms with Crippen LogP contribution in [0.15, 0.2) is 30.6 Å². The van der Waals surface area contributed by atoms with Crippen LogP contribution in [0.25, 0.3) is 0 Å². The maximum Gasteiger partial charge on any atom is 0.392 e. The highest BCUT2D eigenvalue weighted by molar-refractivity contribution is 5.50. The molecule has 2 aromatic rings. The van der Waals surface area contributed by atoms with Gasteiger partial charge in [-0.25, -0.2) is 0 Å². The van der Waals surface area contributed by atoms with E-state index in [1.807, 2.05) is 0 Å². The lowest BCUT2D eigenvalue weighted by Gasteiger charge is -2.07. The Morgan fingerprint density at radius 2 is 1.90 bits per heavy atom. The summed E-state index contributed by atoms with van der Waals surface area (Å²) < 4.78 is 10.2. The Labute approximate surface area is 120 Å². The van der Waals surface area contributed by atoms with Gasteiger partial charge in [0, 0.05) is 6.61 Å². The van der Waals surface area contributed by atoms with Crippen LogP contribution < -0.4 is 9.47 Å². The van der Waals surface area contributed by atoms with Crippen molar-refractivity contribution in [2.45, 2.75) is 6.42 Å². The van der Waals surface area contributed by atoms with Crippen LogP contribution in [0.4, 0.5) is 5.69 Å². The van der Waals surface area contributed by atoms with Crippen LogP contribution in [0.2, 0.25) is 0 Å². The number of hydrogen-bond donors (Lipinski definition) is 1. The lowest BCUT2D eigenvalue weighted by Crippen LogP contribution is -2.01. The zero-order valence-corrected chi connectivity index (χ0v) is 11.2. The lowest BCUT2D eigenvalue weighted by atomic mass is 10.1. The average Bonchev–Trinajstić information content (AvgIpc) is 2.49. The van der Waals surface area contributed by atoms with E-state index < -0.39 is 10.6 Å². The highest BCUT2D eigenvalue weighted by atomic mass is 16.6. The summed E-state index contributed by atoms with van der Waals surface area (Å²) in [5.41, 5.74) is 0.499. The van der Waals surface area contributed by atoms with E-state index in [4.69, 9.17) is 14.6 Å². The minimum atomic E-state index is -0.658. The first-order valence-corrected chi connectivity index (χ1v) is 6.06. The molecule has 0 aliphatic carbocycles. The molecule has 1 heterocycles. The molecule has 1 aromatic heterocycles. The van der Waals surface area contributed by atoms with Crippen LogP contribution in [-0.4, -0.2) is 33.7 Å². The van der Waals surface area contributed by atoms with Gasteiger partial charge in [0.25, 0.3) is 0 Å². The summed E-state index contributed by atoms with van der Waals surface area (Å²) in [5.74, 6) is 0.0317. The number of nitrogens with zero attached hydrogens (tertiary/aromatic N) is 3. The summed E-state index contributed by atoms with van der Waals surface area (Å²) >= 11 is 0. The number of aliphatic hydroxyl groups is 1. The smallest absolute Gasteiger partial charge is 0.392 e. The normalized spacial score (nSPS) is 10.2. The second-order valence-electron chi connectivity index (χ2n) is 4.01. The molecule has 0 aliphatic rings. The minimum Gasteiger partial charge on any atom is -0.476 e. The van der Waals surface area contributed by atoms with Gasteiger partial charge in [0.2, 0.25) is 0 Å². The lowest BCUT2D eigenvalue weighted by molar-refractivity contribution is -0.387. The van der Waals surface area contributed by atoms with Gasteiger partial charge in [0.05, 0.1) is 12.0 Å². The topological polar surface area (TPSA) is 108 Å². The fraction of sp³-hybridized carbons (Fsp3) is 0.231. The van der Waals surface area contributed by atoms with Crippen LogP contribution >= 0.6 is 0 Å². The molecule has 0 saturated heterocycles. The van der Waals surface area contributed by atoms with E-state index in [0.29, 0.717) is 12.2 Å². The fourth-order valence-electron chi connectivity index (χ4n) is 1.69. The number of benzene rings is 1. The number of aliphatic hydroxyl groups excluding tert-OH is 1. The Morgan fingerprint density at radius 3 is 2.48 bits per heavy atom. The van der Waals surface area contributed by atoms with E-state index in [1.165, 1.54) is 7.11 Å². The predicted octanol–water partition coefficient (Wildman–Crippen LogP) is 1.72. The molecule has 1 N–H and O–H groups in total. The third-order valence-corrected chi connectivity index (χ3v) is 2.67. The van der Waals surface area contributed by atoms with Crippen molar-refractivity contribution in [2.24, 2.45) is 0 Å². The second kappa shape index (κ2) is 6.62. The van der Waals surface area contributed by atoms with Crippen molar-refractivity contribution in [3.63, 3.8) is 0 Å². The van der Waals surface area contributed by atoms with Gasteiger partial charge in [0.1, 0.15) is 12.1 Å². The van der Waals surface area contributed by atoms with Gasteiger partial charge < -0.3 is 14.6 Å². The minimum absolute atomic E-state index is 0.0504. The molecular weight excluding hydrogens is 278 g/mol. The largest absolute Gasteiger partial charge is 0.476 e. The molecule has 110 valence electrons. The van der Waals surface area contributed by atoms with Gasteiger partial charge >= 0.3 is 17.4 Å². The Bertz CT molecular complexity index is 630. The standard InChI is InChI=1S/C13H13N3O5/c1-20-12-11(16(18)19)13(15-8-14-12)21-10-4-2-9(3-5-10)6-7-17/h2-5,8,17H,6-7H2,1H3. The van der Waals surface area contributed by atoms with Gasteiger partial charge in [-0.3, -0.25) is 10.1 Å². The molecule has 0 fully saturated rings. The Kier molecular flexibility index (Phi) is 4.62. The van der Waals surface area contributed by atoms with Crippen LogP contribution in [-0.2, 0) is 6.42 Å².